The van der Waals surface area contributed by atoms with Crippen molar-refractivity contribution in [1.29, 1.82) is 5.26 Å². The van der Waals surface area contributed by atoms with Gasteiger partial charge in [0.25, 0.3) is 11.6 Å². The van der Waals surface area contributed by atoms with Crippen molar-refractivity contribution < 1.29 is 24.0 Å². The van der Waals surface area contributed by atoms with Crippen LogP contribution in [-0.4, -0.2) is 23.9 Å². The smallest absolute Gasteiger partial charge is 0.308 e. The molecule has 0 aromatic heterocycles. The molecule has 0 aliphatic heterocycles. The second kappa shape index (κ2) is 9.65. The topological polar surface area (TPSA) is 132 Å². The minimum Gasteiger partial charge on any atom is -0.493 e. The third kappa shape index (κ3) is 5.76. The molecule has 1 N–H and O–H groups in total. The van der Waals surface area contributed by atoms with Crippen LogP contribution in [0.5, 0.6) is 11.5 Å². The van der Waals surface area contributed by atoms with Crippen LogP contribution in [0.25, 0.3) is 6.08 Å². The lowest BCUT2D eigenvalue weighted by atomic mass is 10.1. The number of methoxy groups -OCH3 is 1. The summed E-state index contributed by atoms with van der Waals surface area (Å²) in [5.74, 6) is -0.679. The molecule has 0 radical (unpaired) electrons. The van der Waals surface area contributed by atoms with Gasteiger partial charge in [0.2, 0.25) is 0 Å². The van der Waals surface area contributed by atoms with E-state index in [1.807, 2.05) is 28.7 Å². The first-order valence-corrected chi connectivity index (χ1v) is 9.06. The van der Waals surface area contributed by atoms with Gasteiger partial charge in [0.15, 0.2) is 11.5 Å². The van der Waals surface area contributed by atoms with Crippen LogP contribution in [0.15, 0.2) is 42.0 Å². The van der Waals surface area contributed by atoms with Crippen molar-refractivity contribution in [2.24, 2.45) is 0 Å². The van der Waals surface area contributed by atoms with Gasteiger partial charge in [-0.05, 0) is 58.5 Å². The lowest BCUT2D eigenvalue weighted by Crippen LogP contribution is -2.13. The molecule has 0 saturated carbocycles. The van der Waals surface area contributed by atoms with Crippen LogP contribution in [0, 0.1) is 25.0 Å². The highest BCUT2D eigenvalue weighted by Gasteiger charge is 2.15. The molecule has 0 fully saturated rings. The average Bonchev–Trinajstić information content (AvgIpc) is 2.67. The summed E-state index contributed by atoms with van der Waals surface area (Å²) in [5.41, 5.74) is 0.478. The Labute approximate surface area is 179 Å². The summed E-state index contributed by atoms with van der Waals surface area (Å²) < 4.78 is 10.9. The van der Waals surface area contributed by atoms with Gasteiger partial charge >= 0.3 is 5.97 Å². The molecular formula is C19H14IN3O6. The molecule has 0 aliphatic rings. The first-order chi connectivity index (χ1) is 13.7. The molecule has 0 unspecified atom stereocenters. The van der Waals surface area contributed by atoms with Gasteiger partial charge in [0, 0.05) is 24.7 Å². The number of halogens is 1. The minimum atomic E-state index is -0.681. The van der Waals surface area contributed by atoms with Crippen molar-refractivity contribution in [3.8, 4) is 17.6 Å². The molecule has 148 valence electrons. The van der Waals surface area contributed by atoms with Crippen molar-refractivity contribution in [2.45, 2.75) is 6.92 Å². The van der Waals surface area contributed by atoms with Gasteiger partial charge in [0.1, 0.15) is 11.6 Å². The maximum Gasteiger partial charge on any atom is 0.308 e. The van der Waals surface area contributed by atoms with E-state index in [0.29, 0.717) is 14.8 Å². The molecule has 0 atom stereocenters. The molecule has 0 aliphatic carbocycles. The summed E-state index contributed by atoms with van der Waals surface area (Å²) in [5, 5.41) is 22.5. The summed E-state index contributed by atoms with van der Waals surface area (Å²) in [6.45, 7) is 1.26. The summed E-state index contributed by atoms with van der Waals surface area (Å²) >= 11 is 1.95. The zero-order valence-corrected chi connectivity index (χ0v) is 17.4. The van der Waals surface area contributed by atoms with Crippen LogP contribution in [0.3, 0.4) is 0 Å². The fourth-order valence-electron chi connectivity index (χ4n) is 2.25. The Morgan fingerprint density at radius 1 is 1.28 bits per heavy atom. The zero-order valence-electron chi connectivity index (χ0n) is 15.3. The maximum atomic E-state index is 12.4. The first-order valence-electron chi connectivity index (χ1n) is 7.98. The van der Waals surface area contributed by atoms with Crippen LogP contribution in [0.2, 0.25) is 0 Å². The average molecular weight is 507 g/mol. The van der Waals surface area contributed by atoms with E-state index in [1.54, 1.807) is 6.07 Å². The first kappa shape index (κ1) is 21.8. The van der Waals surface area contributed by atoms with Gasteiger partial charge in [-0.1, -0.05) is 0 Å². The number of carbonyl (C=O) groups is 2. The van der Waals surface area contributed by atoms with E-state index in [2.05, 4.69) is 5.32 Å². The highest BCUT2D eigenvalue weighted by molar-refractivity contribution is 14.1. The highest BCUT2D eigenvalue weighted by atomic mass is 127. The van der Waals surface area contributed by atoms with E-state index in [0.717, 1.165) is 0 Å². The molecule has 0 spiro atoms. The van der Waals surface area contributed by atoms with Crippen molar-refractivity contribution in [2.75, 3.05) is 12.4 Å². The molecule has 2 rings (SSSR count). The van der Waals surface area contributed by atoms with Gasteiger partial charge in [-0.3, -0.25) is 19.7 Å². The predicted molar refractivity (Wildman–Crippen MR) is 112 cm³/mol. The monoisotopic (exact) mass is 507 g/mol. The molecule has 29 heavy (non-hydrogen) atoms. The number of hydrogen-bond acceptors (Lipinski definition) is 7. The zero-order chi connectivity index (χ0) is 21.6. The Bertz CT molecular complexity index is 1040. The number of amides is 1. The number of esters is 1. The maximum absolute atomic E-state index is 12.4. The number of carbonyl (C=O) groups excluding carboxylic acids is 2. The van der Waals surface area contributed by atoms with Crippen molar-refractivity contribution in [3.63, 3.8) is 0 Å². The van der Waals surface area contributed by atoms with Crippen LogP contribution < -0.4 is 14.8 Å². The van der Waals surface area contributed by atoms with Crippen molar-refractivity contribution >= 4 is 51.9 Å². The lowest BCUT2D eigenvalue weighted by Gasteiger charge is -2.11. The fraction of sp³-hybridized carbons (Fsp3) is 0.105. The number of hydrogen-bond donors (Lipinski definition) is 1. The second-order valence-electron chi connectivity index (χ2n) is 5.56. The summed E-state index contributed by atoms with van der Waals surface area (Å²) in [6.07, 6.45) is 1.35. The second-order valence-corrected chi connectivity index (χ2v) is 6.72. The number of non-ortho nitro benzene ring substituents is 1. The van der Waals surface area contributed by atoms with E-state index >= 15 is 0 Å². The van der Waals surface area contributed by atoms with Crippen LogP contribution in [0.4, 0.5) is 11.4 Å². The number of nitro benzene ring substituents is 1. The summed E-state index contributed by atoms with van der Waals surface area (Å²) in [4.78, 5) is 33.7. The number of benzene rings is 2. The number of anilines is 1. The fourth-order valence-corrected chi connectivity index (χ4v) is 2.98. The third-order valence-electron chi connectivity index (χ3n) is 3.51. The highest BCUT2D eigenvalue weighted by Crippen LogP contribution is 2.34. The number of nitrogens with one attached hydrogen (secondary N) is 1. The largest absolute Gasteiger partial charge is 0.493 e. The Morgan fingerprint density at radius 3 is 2.45 bits per heavy atom. The molecule has 1 amide bonds. The van der Waals surface area contributed by atoms with Gasteiger partial charge in [-0.25, -0.2) is 0 Å². The van der Waals surface area contributed by atoms with Crippen LogP contribution in [-0.2, 0) is 9.59 Å². The predicted octanol–water partition coefficient (Wildman–Crippen LogP) is 3.68. The Balaban J connectivity index is 2.29. The van der Waals surface area contributed by atoms with Crippen molar-refractivity contribution in [3.05, 3.63) is 61.2 Å². The molecule has 0 bridgehead atoms. The molecule has 2 aromatic rings. The van der Waals surface area contributed by atoms with Gasteiger partial charge < -0.3 is 14.8 Å². The SMILES string of the molecule is COc1cc(/C=C(\C#N)C(=O)Nc2ccc([N+](=O)[O-])cc2)cc(I)c1OC(C)=O. The quantitative estimate of drug-likeness (QED) is 0.120. The molecule has 0 saturated heterocycles. The van der Waals surface area contributed by atoms with E-state index in [4.69, 9.17) is 9.47 Å². The number of nitriles is 1. The molecular weight excluding hydrogens is 493 g/mol. The molecule has 0 heterocycles. The Morgan fingerprint density at radius 2 is 1.93 bits per heavy atom. The number of rotatable bonds is 6. The van der Waals surface area contributed by atoms with Crippen molar-refractivity contribution in [1.82, 2.24) is 0 Å². The normalized spacial score (nSPS) is 10.6. The number of nitro groups is 1. The third-order valence-corrected chi connectivity index (χ3v) is 4.31. The van der Waals surface area contributed by atoms with E-state index in [1.165, 1.54) is 50.4 Å². The molecule has 9 nitrogen and oxygen atoms in total. The van der Waals surface area contributed by atoms with E-state index < -0.39 is 16.8 Å². The molecule has 2 aromatic carbocycles. The van der Waals surface area contributed by atoms with Crippen LogP contribution >= 0.6 is 22.6 Å². The van der Waals surface area contributed by atoms with Gasteiger partial charge in [-0.2, -0.15) is 5.26 Å². The number of ether oxygens (including phenoxy) is 2. The van der Waals surface area contributed by atoms with E-state index in [9.17, 15) is 25.0 Å². The standard InChI is InChI=1S/C19H14IN3O6/c1-11(24)29-18-16(20)8-12(9-17(18)28-2)7-13(10-21)19(25)22-14-3-5-15(6-4-14)23(26)27/h3-9H,1-2H3,(H,22,25)/b13-7+. The lowest BCUT2D eigenvalue weighted by molar-refractivity contribution is -0.384. The summed E-state index contributed by atoms with van der Waals surface area (Å²) in [6, 6.07) is 10.2. The van der Waals surface area contributed by atoms with Crippen LogP contribution in [0.1, 0.15) is 12.5 Å². The van der Waals surface area contributed by atoms with E-state index in [-0.39, 0.29) is 22.8 Å². The van der Waals surface area contributed by atoms with Gasteiger partial charge in [-0.15, -0.1) is 0 Å². The summed E-state index contributed by atoms with van der Waals surface area (Å²) in [7, 11) is 1.40. The molecule has 10 heteroatoms. The Kier molecular flexibility index (Phi) is 7.27. The van der Waals surface area contributed by atoms with Gasteiger partial charge in [0.05, 0.1) is 15.6 Å². The minimum absolute atomic E-state index is 0.117. The Hall–Kier alpha value is -3.46. The number of nitrogens with zero attached hydrogens (tertiary/aromatic N) is 2.